The summed E-state index contributed by atoms with van der Waals surface area (Å²) in [5.74, 6) is 3.35. The van der Waals surface area contributed by atoms with Gasteiger partial charge in [0.1, 0.15) is 11.6 Å². The topological polar surface area (TPSA) is 56.3 Å². The number of anilines is 3. The Kier molecular flexibility index (Phi) is 7.10. The smallest absolute Gasteiger partial charge is 0.232 e. The molecule has 1 aromatic rings. The second-order valence-electron chi connectivity index (χ2n) is 8.02. The first-order valence-electron chi connectivity index (χ1n) is 10.5. The van der Waals surface area contributed by atoms with Gasteiger partial charge in [0.2, 0.25) is 5.95 Å². The maximum absolute atomic E-state index is 5.41. The van der Waals surface area contributed by atoms with Gasteiger partial charge in [-0.05, 0) is 63.6 Å². The van der Waals surface area contributed by atoms with Crippen molar-refractivity contribution in [1.29, 1.82) is 0 Å². The Bertz CT molecular complexity index is 637. The first-order valence-corrected chi connectivity index (χ1v) is 10.9. The zero-order valence-electron chi connectivity index (χ0n) is 17.0. The second-order valence-corrected chi connectivity index (χ2v) is 8.43. The fourth-order valence-corrected chi connectivity index (χ4v) is 4.20. The van der Waals surface area contributed by atoms with Crippen LogP contribution in [0.25, 0.3) is 0 Å². The van der Waals surface area contributed by atoms with Crippen LogP contribution in [-0.2, 0) is 0 Å². The summed E-state index contributed by atoms with van der Waals surface area (Å²) in [5.41, 5.74) is 0. The molecule has 6 nitrogen and oxygen atoms in total. The summed E-state index contributed by atoms with van der Waals surface area (Å²) in [5, 5.41) is 7.01. The van der Waals surface area contributed by atoms with E-state index in [0.29, 0.717) is 23.0 Å². The zero-order chi connectivity index (χ0) is 19.2. The first-order chi connectivity index (χ1) is 13.1. The zero-order valence-corrected chi connectivity index (χ0v) is 17.8. The minimum Gasteiger partial charge on any atom is -0.362 e. The van der Waals surface area contributed by atoms with Gasteiger partial charge in [-0.2, -0.15) is 9.97 Å². The van der Waals surface area contributed by atoms with Crippen molar-refractivity contribution in [2.45, 2.75) is 65.3 Å². The Morgan fingerprint density at radius 2 is 1.96 bits per heavy atom. The quantitative estimate of drug-likeness (QED) is 0.742. The molecule has 2 N–H and O–H groups in total. The molecular weight excluding hydrogens is 356 g/mol. The molecule has 27 heavy (non-hydrogen) atoms. The molecule has 2 saturated heterocycles. The van der Waals surface area contributed by atoms with Gasteiger partial charge in [0.15, 0.2) is 5.11 Å². The third-order valence-corrected chi connectivity index (χ3v) is 5.78. The molecule has 3 heterocycles. The molecule has 2 aliphatic rings. The van der Waals surface area contributed by atoms with Crippen LogP contribution in [-0.4, -0.2) is 47.3 Å². The highest BCUT2D eigenvalue weighted by atomic mass is 32.1. The van der Waals surface area contributed by atoms with Gasteiger partial charge < -0.3 is 20.4 Å². The van der Waals surface area contributed by atoms with Gasteiger partial charge in [0.25, 0.3) is 0 Å². The van der Waals surface area contributed by atoms with Crippen molar-refractivity contribution in [3.05, 3.63) is 6.07 Å². The summed E-state index contributed by atoms with van der Waals surface area (Å²) in [7, 11) is 0. The van der Waals surface area contributed by atoms with Crippen molar-refractivity contribution < 1.29 is 0 Å². The number of nitrogens with one attached hydrogen (secondary N) is 2. The van der Waals surface area contributed by atoms with Crippen molar-refractivity contribution in [3.8, 4) is 0 Å². The summed E-state index contributed by atoms with van der Waals surface area (Å²) >= 11 is 5.41. The van der Waals surface area contributed by atoms with E-state index in [0.717, 1.165) is 44.2 Å². The van der Waals surface area contributed by atoms with Crippen LogP contribution in [0.3, 0.4) is 0 Å². The average Bonchev–Trinajstić information content (AvgIpc) is 2.66. The number of thiocarbonyl (C=S) groups is 1. The van der Waals surface area contributed by atoms with Crippen LogP contribution in [0, 0.1) is 5.92 Å². The van der Waals surface area contributed by atoms with Crippen LogP contribution in [0.2, 0.25) is 0 Å². The maximum Gasteiger partial charge on any atom is 0.232 e. The fraction of sp³-hybridized carbons (Fsp3) is 0.750. The van der Waals surface area contributed by atoms with E-state index in [1.807, 2.05) is 0 Å². The van der Waals surface area contributed by atoms with Gasteiger partial charge in [-0.15, -0.1) is 0 Å². The number of aromatic nitrogens is 2. The summed E-state index contributed by atoms with van der Waals surface area (Å²) in [6.45, 7) is 10.8. The predicted molar refractivity (Wildman–Crippen MR) is 118 cm³/mol. The number of nitrogens with zero attached hydrogens (tertiary/aromatic N) is 4. The van der Waals surface area contributed by atoms with E-state index in [1.54, 1.807) is 0 Å². The normalized spacial score (nSPS) is 23.2. The minimum absolute atomic E-state index is 0.514. The fourth-order valence-electron chi connectivity index (χ4n) is 4.01. The van der Waals surface area contributed by atoms with E-state index in [2.05, 4.69) is 47.3 Å². The molecule has 0 radical (unpaired) electrons. The van der Waals surface area contributed by atoms with Crippen molar-refractivity contribution in [2.75, 3.05) is 41.3 Å². The van der Waals surface area contributed by atoms with E-state index in [1.165, 1.54) is 32.1 Å². The van der Waals surface area contributed by atoms with Crippen molar-refractivity contribution in [3.63, 3.8) is 0 Å². The number of rotatable bonds is 5. The monoisotopic (exact) mass is 390 g/mol. The van der Waals surface area contributed by atoms with Crippen LogP contribution < -0.4 is 20.4 Å². The van der Waals surface area contributed by atoms with Gasteiger partial charge in [0.05, 0.1) is 0 Å². The Hall–Kier alpha value is -1.63. The first kappa shape index (κ1) is 20.1. The third-order valence-electron chi connectivity index (χ3n) is 5.54. The lowest BCUT2D eigenvalue weighted by Crippen LogP contribution is -2.39. The lowest BCUT2D eigenvalue weighted by molar-refractivity contribution is 0.444. The Morgan fingerprint density at radius 3 is 2.70 bits per heavy atom. The second kappa shape index (κ2) is 9.53. The van der Waals surface area contributed by atoms with Crippen molar-refractivity contribution in [1.82, 2.24) is 15.3 Å². The lowest BCUT2D eigenvalue weighted by Gasteiger charge is -2.36. The van der Waals surface area contributed by atoms with Crippen molar-refractivity contribution in [2.24, 2.45) is 5.92 Å². The van der Waals surface area contributed by atoms with Crippen LogP contribution in [0.4, 0.5) is 17.6 Å². The summed E-state index contributed by atoms with van der Waals surface area (Å²) in [4.78, 5) is 14.5. The molecular formula is C20H34N6S. The van der Waals surface area contributed by atoms with E-state index in [4.69, 9.17) is 22.2 Å². The van der Waals surface area contributed by atoms with Gasteiger partial charge in [-0.1, -0.05) is 13.8 Å². The molecule has 1 aromatic heterocycles. The van der Waals surface area contributed by atoms with E-state index in [9.17, 15) is 0 Å². The van der Waals surface area contributed by atoms with Gasteiger partial charge in [0, 0.05) is 38.3 Å². The summed E-state index contributed by atoms with van der Waals surface area (Å²) in [6, 6.07) is 2.69. The van der Waals surface area contributed by atoms with E-state index in [-0.39, 0.29) is 0 Å². The molecule has 150 valence electrons. The van der Waals surface area contributed by atoms with Crippen LogP contribution in [0.15, 0.2) is 6.07 Å². The molecule has 0 bridgehead atoms. The lowest BCUT2D eigenvalue weighted by atomic mass is 10.0. The standard InChI is InChI=1S/C20H34N6S/c1-4-10-21-20(27)24-19-22-17(25-11-7-8-15(2)14-25)13-18(23-19)26-12-6-5-9-16(26)3/h13,15-16H,4-12,14H2,1-3H3,(H2,21,22,23,24,27)/t15-,16-/m0/s1. The summed E-state index contributed by atoms with van der Waals surface area (Å²) in [6.07, 6.45) is 7.30. The number of piperidine rings is 2. The molecule has 2 atom stereocenters. The molecule has 2 aliphatic heterocycles. The van der Waals surface area contributed by atoms with E-state index >= 15 is 0 Å². The highest BCUT2D eigenvalue weighted by Crippen LogP contribution is 2.29. The third kappa shape index (κ3) is 5.43. The van der Waals surface area contributed by atoms with Gasteiger partial charge in [-0.3, -0.25) is 0 Å². The molecule has 7 heteroatoms. The SMILES string of the molecule is CCCNC(=S)Nc1nc(N2CCC[C@H](C)C2)cc(N2CCCC[C@@H]2C)n1. The molecule has 2 fully saturated rings. The Labute approximate surface area is 169 Å². The molecule has 0 saturated carbocycles. The number of hydrogen-bond donors (Lipinski definition) is 2. The average molecular weight is 391 g/mol. The number of hydrogen-bond acceptors (Lipinski definition) is 5. The van der Waals surface area contributed by atoms with Crippen molar-refractivity contribution >= 4 is 34.9 Å². The van der Waals surface area contributed by atoms with E-state index < -0.39 is 0 Å². The Balaban J connectivity index is 1.86. The predicted octanol–water partition coefficient (Wildman–Crippen LogP) is 3.79. The highest BCUT2D eigenvalue weighted by molar-refractivity contribution is 7.80. The molecule has 0 unspecified atom stereocenters. The molecule has 0 aliphatic carbocycles. The van der Waals surface area contributed by atoms with Crippen LogP contribution in [0.1, 0.15) is 59.3 Å². The summed E-state index contributed by atoms with van der Waals surface area (Å²) < 4.78 is 0. The minimum atomic E-state index is 0.514. The molecule has 0 aromatic carbocycles. The largest absolute Gasteiger partial charge is 0.362 e. The van der Waals surface area contributed by atoms with Crippen LogP contribution >= 0.6 is 12.2 Å². The highest BCUT2D eigenvalue weighted by Gasteiger charge is 2.24. The molecule has 3 rings (SSSR count). The Morgan fingerprint density at radius 1 is 1.15 bits per heavy atom. The molecule has 0 amide bonds. The molecule has 0 spiro atoms. The van der Waals surface area contributed by atoms with Crippen LogP contribution in [0.5, 0.6) is 0 Å². The van der Waals surface area contributed by atoms with Gasteiger partial charge in [-0.25, -0.2) is 0 Å². The van der Waals surface area contributed by atoms with Gasteiger partial charge >= 0.3 is 0 Å². The maximum atomic E-state index is 5.41.